The van der Waals surface area contributed by atoms with Gasteiger partial charge in [-0.3, -0.25) is 9.79 Å². The van der Waals surface area contributed by atoms with Crippen LogP contribution in [0.25, 0.3) is 0 Å². The Kier molecular flexibility index (Phi) is 9.57. The van der Waals surface area contributed by atoms with E-state index in [1.165, 1.54) is 4.88 Å². The van der Waals surface area contributed by atoms with Crippen LogP contribution in [0.1, 0.15) is 31.5 Å². The Hall–Kier alpha value is -1.68. The molecule has 0 spiro atoms. The number of aliphatic imine (C=N–C) groups is 1. The lowest BCUT2D eigenvalue weighted by Crippen LogP contribution is -2.37. The van der Waals surface area contributed by atoms with E-state index in [0.717, 1.165) is 35.2 Å². The first-order chi connectivity index (χ1) is 12.0. The average Bonchev–Trinajstić information content (AvgIpc) is 2.95. The normalized spacial score (nSPS) is 10.8. The van der Waals surface area contributed by atoms with E-state index in [-0.39, 0.29) is 29.9 Å². The highest BCUT2D eigenvalue weighted by Gasteiger charge is 2.06. The zero-order valence-electron chi connectivity index (χ0n) is 15.5. The van der Waals surface area contributed by atoms with E-state index in [9.17, 15) is 4.79 Å². The third-order valence-corrected chi connectivity index (χ3v) is 4.90. The standard InChI is InChI=1S/C18H25N5OS.HI/c1-12-13(2)25-16(23-12)11-22-18(20-4)21-9-8-14-6-5-7-15(10-14)17(24)19-3;/h5-7,10H,8-9,11H2,1-4H3,(H,19,24)(H2,20,21,22);1H. The molecule has 0 unspecified atom stereocenters. The molecule has 0 saturated heterocycles. The van der Waals surface area contributed by atoms with Gasteiger partial charge >= 0.3 is 0 Å². The molecule has 26 heavy (non-hydrogen) atoms. The first kappa shape index (κ1) is 22.4. The summed E-state index contributed by atoms with van der Waals surface area (Å²) in [5, 5.41) is 10.3. The highest BCUT2D eigenvalue weighted by Crippen LogP contribution is 2.15. The second-order valence-corrected chi connectivity index (χ2v) is 6.92. The Labute approximate surface area is 175 Å². The van der Waals surface area contributed by atoms with Crippen molar-refractivity contribution in [1.82, 2.24) is 20.9 Å². The number of rotatable bonds is 6. The van der Waals surface area contributed by atoms with Crippen molar-refractivity contribution in [3.05, 3.63) is 51.0 Å². The maximum Gasteiger partial charge on any atom is 0.251 e. The number of carbonyl (C=O) groups is 1. The molecule has 0 aliphatic carbocycles. The molecule has 2 rings (SSSR count). The minimum absolute atomic E-state index is 0. The van der Waals surface area contributed by atoms with Crippen molar-refractivity contribution in [3.63, 3.8) is 0 Å². The molecule has 6 nitrogen and oxygen atoms in total. The first-order valence-electron chi connectivity index (χ1n) is 8.22. The molecule has 0 aliphatic rings. The van der Waals surface area contributed by atoms with Crippen molar-refractivity contribution < 1.29 is 4.79 Å². The van der Waals surface area contributed by atoms with Crippen molar-refractivity contribution in [3.8, 4) is 0 Å². The monoisotopic (exact) mass is 487 g/mol. The topological polar surface area (TPSA) is 78.4 Å². The van der Waals surface area contributed by atoms with Crippen molar-refractivity contribution in [2.45, 2.75) is 26.8 Å². The Morgan fingerprint density at radius 2 is 2.04 bits per heavy atom. The summed E-state index contributed by atoms with van der Waals surface area (Å²) in [5.74, 6) is 0.675. The van der Waals surface area contributed by atoms with Crippen LogP contribution >= 0.6 is 35.3 Å². The van der Waals surface area contributed by atoms with Gasteiger partial charge in [-0.05, 0) is 38.0 Å². The van der Waals surface area contributed by atoms with Crippen LogP contribution in [0.5, 0.6) is 0 Å². The van der Waals surface area contributed by atoms with Crippen LogP contribution in [0.2, 0.25) is 0 Å². The Bertz CT molecular complexity index is 740. The molecular weight excluding hydrogens is 461 g/mol. The summed E-state index contributed by atoms with van der Waals surface area (Å²) in [6, 6.07) is 7.65. The van der Waals surface area contributed by atoms with Crippen LogP contribution in [-0.2, 0) is 13.0 Å². The number of nitrogens with zero attached hydrogens (tertiary/aromatic N) is 2. The smallest absolute Gasteiger partial charge is 0.251 e. The third kappa shape index (κ3) is 6.56. The summed E-state index contributed by atoms with van der Waals surface area (Å²) in [6.45, 7) is 5.49. The van der Waals surface area contributed by atoms with E-state index >= 15 is 0 Å². The van der Waals surface area contributed by atoms with Gasteiger partial charge in [0.2, 0.25) is 0 Å². The number of carbonyl (C=O) groups excluding carboxylic acids is 1. The lowest BCUT2D eigenvalue weighted by molar-refractivity contribution is 0.0963. The summed E-state index contributed by atoms with van der Waals surface area (Å²) >= 11 is 1.70. The van der Waals surface area contributed by atoms with E-state index in [4.69, 9.17) is 0 Å². The molecule has 0 aliphatic heterocycles. The number of amides is 1. The number of nitrogens with one attached hydrogen (secondary N) is 3. The van der Waals surface area contributed by atoms with Crippen LogP contribution in [-0.4, -0.2) is 37.5 Å². The average molecular weight is 487 g/mol. The molecule has 1 heterocycles. The van der Waals surface area contributed by atoms with Gasteiger partial charge in [0, 0.05) is 31.1 Å². The molecule has 0 atom stereocenters. The molecule has 1 aromatic carbocycles. The molecule has 3 N–H and O–H groups in total. The highest BCUT2D eigenvalue weighted by atomic mass is 127. The van der Waals surface area contributed by atoms with Gasteiger partial charge in [-0.25, -0.2) is 4.98 Å². The maximum absolute atomic E-state index is 11.7. The number of aromatic nitrogens is 1. The number of aryl methyl sites for hydroxylation is 2. The number of guanidine groups is 1. The fourth-order valence-electron chi connectivity index (χ4n) is 2.33. The minimum Gasteiger partial charge on any atom is -0.356 e. The van der Waals surface area contributed by atoms with Gasteiger partial charge in [0.1, 0.15) is 5.01 Å². The van der Waals surface area contributed by atoms with Crippen LogP contribution in [0.3, 0.4) is 0 Å². The van der Waals surface area contributed by atoms with Gasteiger partial charge in [0.05, 0.1) is 12.2 Å². The molecule has 142 valence electrons. The number of thiazole rings is 1. The second kappa shape index (κ2) is 11.1. The highest BCUT2D eigenvalue weighted by molar-refractivity contribution is 14.0. The zero-order valence-corrected chi connectivity index (χ0v) is 18.7. The van der Waals surface area contributed by atoms with E-state index < -0.39 is 0 Å². The summed E-state index contributed by atoms with van der Waals surface area (Å²) in [6.07, 6.45) is 0.807. The van der Waals surface area contributed by atoms with Crippen LogP contribution in [0.4, 0.5) is 0 Å². The predicted octanol–water partition coefficient (Wildman–Crippen LogP) is 2.65. The van der Waals surface area contributed by atoms with Crippen LogP contribution in [0, 0.1) is 13.8 Å². The lowest BCUT2D eigenvalue weighted by Gasteiger charge is -2.11. The van der Waals surface area contributed by atoms with Gasteiger partial charge < -0.3 is 16.0 Å². The van der Waals surface area contributed by atoms with Gasteiger partial charge in [-0.2, -0.15) is 0 Å². The fraction of sp³-hybridized carbons (Fsp3) is 0.389. The molecule has 0 bridgehead atoms. The first-order valence-corrected chi connectivity index (χ1v) is 9.03. The summed E-state index contributed by atoms with van der Waals surface area (Å²) in [4.78, 5) is 21.7. The van der Waals surface area contributed by atoms with Crippen molar-refractivity contribution in [2.75, 3.05) is 20.6 Å². The second-order valence-electron chi connectivity index (χ2n) is 5.63. The lowest BCUT2D eigenvalue weighted by atomic mass is 10.1. The molecule has 0 fully saturated rings. The van der Waals surface area contributed by atoms with Crippen molar-refractivity contribution in [2.24, 2.45) is 4.99 Å². The van der Waals surface area contributed by atoms with Gasteiger partial charge in [-0.15, -0.1) is 35.3 Å². The minimum atomic E-state index is -0.0682. The number of hydrogen-bond donors (Lipinski definition) is 3. The van der Waals surface area contributed by atoms with Gasteiger partial charge in [0.25, 0.3) is 5.91 Å². The summed E-state index contributed by atoms with van der Waals surface area (Å²) in [5.41, 5.74) is 2.87. The van der Waals surface area contributed by atoms with Crippen molar-refractivity contribution in [1.29, 1.82) is 0 Å². The SMILES string of the molecule is CN=C(NCCc1cccc(C(=O)NC)c1)NCc1nc(C)c(C)s1.I. The number of halogens is 1. The third-order valence-electron chi connectivity index (χ3n) is 3.83. The molecule has 1 aromatic heterocycles. The van der Waals surface area contributed by atoms with E-state index in [1.54, 1.807) is 25.4 Å². The molecule has 0 saturated carbocycles. The summed E-state index contributed by atoms with van der Waals surface area (Å²) in [7, 11) is 3.39. The maximum atomic E-state index is 11.7. The molecule has 1 amide bonds. The Balaban J connectivity index is 0.00000338. The predicted molar refractivity (Wildman–Crippen MR) is 119 cm³/mol. The number of hydrogen-bond acceptors (Lipinski definition) is 4. The van der Waals surface area contributed by atoms with E-state index in [0.29, 0.717) is 12.1 Å². The Morgan fingerprint density at radius 3 is 2.65 bits per heavy atom. The fourth-order valence-corrected chi connectivity index (χ4v) is 3.21. The van der Waals surface area contributed by atoms with Gasteiger partial charge in [-0.1, -0.05) is 12.1 Å². The number of benzene rings is 1. The quantitative estimate of drug-likeness (QED) is 0.333. The molecular formula is C18H26IN5OS. The summed E-state index contributed by atoms with van der Waals surface area (Å²) < 4.78 is 0. The van der Waals surface area contributed by atoms with E-state index in [2.05, 4.69) is 32.9 Å². The molecule has 8 heteroatoms. The zero-order chi connectivity index (χ0) is 18.2. The van der Waals surface area contributed by atoms with Crippen molar-refractivity contribution >= 4 is 47.2 Å². The van der Waals surface area contributed by atoms with Crippen LogP contribution in [0.15, 0.2) is 29.3 Å². The van der Waals surface area contributed by atoms with Gasteiger partial charge in [0.15, 0.2) is 5.96 Å². The van der Waals surface area contributed by atoms with E-state index in [1.807, 2.05) is 31.2 Å². The molecule has 2 aromatic rings. The largest absolute Gasteiger partial charge is 0.356 e. The molecule has 0 radical (unpaired) electrons. The Morgan fingerprint density at radius 1 is 1.27 bits per heavy atom. The van der Waals surface area contributed by atoms with Crippen LogP contribution < -0.4 is 16.0 Å².